The average molecular weight is 286 g/mol. The maximum atomic E-state index is 11.4. The first-order valence-corrected chi connectivity index (χ1v) is 7.87. The molecule has 4 heteroatoms. The smallest absolute Gasteiger partial charge is 0.305 e. The third kappa shape index (κ3) is 13.4. The molecule has 0 N–H and O–H groups in total. The summed E-state index contributed by atoms with van der Waals surface area (Å²) in [5.74, 6) is 0.224. The summed E-state index contributed by atoms with van der Waals surface area (Å²) < 4.78 is 10.2. The van der Waals surface area contributed by atoms with Gasteiger partial charge in [-0.05, 0) is 31.6 Å². The van der Waals surface area contributed by atoms with E-state index in [2.05, 4.69) is 20.8 Å². The second-order valence-corrected chi connectivity index (χ2v) is 5.54. The van der Waals surface area contributed by atoms with Gasteiger partial charge in [-0.15, -0.1) is 0 Å². The van der Waals surface area contributed by atoms with Gasteiger partial charge in [0.1, 0.15) is 0 Å². The topological polar surface area (TPSA) is 52.6 Å². The fourth-order valence-corrected chi connectivity index (χ4v) is 1.63. The molecule has 0 heterocycles. The van der Waals surface area contributed by atoms with E-state index in [0.29, 0.717) is 44.8 Å². The largest absolute Gasteiger partial charge is 0.466 e. The van der Waals surface area contributed by atoms with Crippen LogP contribution in [0.4, 0.5) is 0 Å². The summed E-state index contributed by atoms with van der Waals surface area (Å²) in [6.07, 6.45) is 6.20. The number of carbonyl (C=O) groups is 2. The van der Waals surface area contributed by atoms with Crippen LogP contribution in [-0.4, -0.2) is 25.2 Å². The number of hydrogen-bond donors (Lipinski definition) is 0. The highest BCUT2D eigenvalue weighted by Gasteiger charge is 2.06. The minimum Gasteiger partial charge on any atom is -0.466 e. The zero-order chi connectivity index (χ0) is 15.2. The van der Waals surface area contributed by atoms with Crippen LogP contribution in [-0.2, 0) is 19.1 Å². The molecule has 4 nitrogen and oxygen atoms in total. The summed E-state index contributed by atoms with van der Waals surface area (Å²) in [5.41, 5.74) is 0. The van der Waals surface area contributed by atoms with Crippen molar-refractivity contribution in [2.75, 3.05) is 13.2 Å². The van der Waals surface area contributed by atoms with Crippen molar-refractivity contribution in [3.63, 3.8) is 0 Å². The Kier molecular flexibility index (Phi) is 12.3. The van der Waals surface area contributed by atoms with Crippen LogP contribution < -0.4 is 0 Å². The van der Waals surface area contributed by atoms with E-state index in [4.69, 9.17) is 9.47 Å². The van der Waals surface area contributed by atoms with Gasteiger partial charge in [0.25, 0.3) is 0 Å². The van der Waals surface area contributed by atoms with Gasteiger partial charge in [0.05, 0.1) is 13.2 Å². The fraction of sp³-hybridized carbons (Fsp3) is 0.875. The summed E-state index contributed by atoms with van der Waals surface area (Å²) in [6, 6.07) is 0. The lowest BCUT2D eigenvalue weighted by atomic mass is 10.1. The predicted molar refractivity (Wildman–Crippen MR) is 79.4 cm³/mol. The molecule has 0 radical (unpaired) electrons. The third-order valence-corrected chi connectivity index (χ3v) is 2.98. The second-order valence-electron chi connectivity index (χ2n) is 5.54. The van der Waals surface area contributed by atoms with Crippen LogP contribution in [0.1, 0.15) is 72.1 Å². The number of unbranched alkanes of at least 4 members (excludes halogenated alkanes) is 3. The van der Waals surface area contributed by atoms with Crippen LogP contribution >= 0.6 is 0 Å². The van der Waals surface area contributed by atoms with E-state index in [9.17, 15) is 9.59 Å². The molecule has 0 unspecified atom stereocenters. The molecular weight excluding hydrogens is 256 g/mol. The molecule has 0 aliphatic heterocycles. The lowest BCUT2D eigenvalue weighted by Gasteiger charge is -2.07. The maximum Gasteiger partial charge on any atom is 0.305 e. The molecular formula is C16H30O4. The normalized spacial score (nSPS) is 10.6. The quantitative estimate of drug-likeness (QED) is 0.404. The first kappa shape index (κ1) is 18.9. The van der Waals surface area contributed by atoms with E-state index in [-0.39, 0.29) is 11.9 Å². The number of hydrogen-bond acceptors (Lipinski definition) is 4. The molecule has 0 amide bonds. The highest BCUT2D eigenvalue weighted by molar-refractivity contribution is 5.70. The van der Waals surface area contributed by atoms with Gasteiger partial charge in [0.15, 0.2) is 0 Å². The van der Waals surface area contributed by atoms with Crippen molar-refractivity contribution in [3.05, 3.63) is 0 Å². The van der Waals surface area contributed by atoms with Gasteiger partial charge in [-0.3, -0.25) is 9.59 Å². The van der Waals surface area contributed by atoms with Crippen molar-refractivity contribution in [1.82, 2.24) is 0 Å². The van der Waals surface area contributed by atoms with E-state index in [0.717, 1.165) is 25.7 Å². The van der Waals surface area contributed by atoms with E-state index < -0.39 is 0 Å². The van der Waals surface area contributed by atoms with Crippen LogP contribution in [0.2, 0.25) is 0 Å². The molecule has 0 aliphatic rings. The molecule has 20 heavy (non-hydrogen) atoms. The first-order valence-electron chi connectivity index (χ1n) is 7.87. The standard InChI is InChI=1S/C16H30O4/c1-4-5-8-12-19-15(17)9-6-7-10-16(18)20-13-11-14(2)3/h14H,4-13H2,1-3H3. The number of carbonyl (C=O) groups excluding carboxylic acids is 2. The van der Waals surface area contributed by atoms with E-state index >= 15 is 0 Å². The highest BCUT2D eigenvalue weighted by atomic mass is 16.5. The van der Waals surface area contributed by atoms with Gasteiger partial charge in [-0.25, -0.2) is 0 Å². The Hall–Kier alpha value is -1.06. The molecule has 0 aromatic carbocycles. The lowest BCUT2D eigenvalue weighted by Crippen LogP contribution is -2.08. The highest BCUT2D eigenvalue weighted by Crippen LogP contribution is 2.05. The van der Waals surface area contributed by atoms with Gasteiger partial charge in [0.2, 0.25) is 0 Å². The molecule has 118 valence electrons. The lowest BCUT2D eigenvalue weighted by molar-refractivity contribution is -0.146. The minimum absolute atomic E-state index is 0.158. The number of rotatable bonds is 12. The minimum atomic E-state index is -0.165. The Morgan fingerprint density at radius 2 is 1.40 bits per heavy atom. The van der Waals surface area contributed by atoms with Gasteiger partial charge in [-0.2, -0.15) is 0 Å². The first-order chi connectivity index (χ1) is 9.56. The summed E-state index contributed by atoms with van der Waals surface area (Å²) >= 11 is 0. The molecule has 0 saturated heterocycles. The van der Waals surface area contributed by atoms with Crippen LogP contribution in [0, 0.1) is 5.92 Å². The molecule has 0 rings (SSSR count). The Morgan fingerprint density at radius 1 is 0.850 bits per heavy atom. The third-order valence-electron chi connectivity index (χ3n) is 2.98. The zero-order valence-electron chi connectivity index (χ0n) is 13.3. The van der Waals surface area contributed by atoms with Crippen LogP contribution in [0.5, 0.6) is 0 Å². The van der Waals surface area contributed by atoms with E-state index in [1.165, 1.54) is 0 Å². The molecule has 0 bridgehead atoms. The van der Waals surface area contributed by atoms with Crippen molar-refractivity contribution >= 4 is 11.9 Å². The molecule has 0 atom stereocenters. The Labute approximate surface area is 123 Å². The van der Waals surface area contributed by atoms with Crippen molar-refractivity contribution < 1.29 is 19.1 Å². The number of ether oxygens (including phenoxy) is 2. The van der Waals surface area contributed by atoms with Gasteiger partial charge < -0.3 is 9.47 Å². The van der Waals surface area contributed by atoms with E-state index in [1.807, 2.05) is 0 Å². The molecule has 0 aliphatic carbocycles. The SMILES string of the molecule is CCCCCOC(=O)CCCCC(=O)OCCC(C)C. The molecule has 0 saturated carbocycles. The van der Waals surface area contributed by atoms with Crippen LogP contribution in [0.15, 0.2) is 0 Å². The molecule has 0 aromatic rings. The Morgan fingerprint density at radius 3 is 1.90 bits per heavy atom. The fourth-order valence-electron chi connectivity index (χ4n) is 1.63. The van der Waals surface area contributed by atoms with Crippen molar-refractivity contribution in [2.45, 2.75) is 72.1 Å². The van der Waals surface area contributed by atoms with Crippen molar-refractivity contribution in [1.29, 1.82) is 0 Å². The molecule has 0 aromatic heterocycles. The summed E-state index contributed by atoms with van der Waals surface area (Å²) in [4.78, 5) is 22.7. The van der Waals surface area contributed by atoms with Crippen LogP contribution in [0.3, 0.4) is 0 Å². The summed E-state index contributed by atoms with van der Waals surface area (Å²) in [6.45, 7) is 7.32. The zero-order valence-corrected chi connectivity index (χ0v) is 13.3. The van der Waals surface area contributed by atoms with Crippen molar-refractivity contribution in [2.24, 2.45) is 5.92 Å². The van der Waals surface area contributed by atoms with Gasteiger partial charge >= 0.3 is 11.9 Å². The monoisotopic (exact) mass is 286 g/mol. The predicted octanol–water partition coefficient (Wildman–Crippen LogP) is 3.87. The Balaban J connectivity index is 3.37. The molecule has 0 spiro atoms. The number of esters is 2. The maximum absolute atomic E-state index is 11.4. The molecule has 0 fully saturated rings. The summed E-state index contributed by atoms with van der Waals surface area (Å²) in [7, 11) is 0. The van der Waals surface area contributed by atoms with Gasteiger partial charge in [0, 0.05) is 12.8 Å². The average Bonchev–Trinajstić information content (AvgIpc) is 2.39. The van der Waals surface area contributed by atoms with Gasteiger partial charge in [-0.1, -0.05) is 33.6 Å². The Bertz CT molecular complexity index is 261. The second kappa shape index (κ2) is 12.9. The summed E-state index contributed by atoms with van der Waals surface area (Å²) in [5, 5.41) is 0. The van der Waals surface area contributed by atoms with Crippen LogP contribution in [0.25, 0.3) is 0 Å². The van der Waals surface area contributed by atoms with Crippen molar-refractivity contribution in [3.8, 4) is 0 Å². The van der Waals surface area contributed by atoms with E-state index in [1.54, 1.807) is 0 Å².